The van der Waals surface area contributed by atoms with Crippen LogP contribution in [-0.4, -0.2) is 39.2 Å². The van der Waals surface area contributed by atoms with E-state index in [0.717, 1.165) is 28.4 Å². The predicted octanol–water partition coefficient (Wildman–Crippen LogP) is 3.86. The van der Waals surface area contributed by atoms with Gasteiger partial charge in [0.25, 0.3) is 5.56 Å². The van der Waals surface area contributed by atoms with Gasteiger partial charge >= 0.3 is 0 Å². The van der Waals surface area contributed by atoms with Crippen LogP contribution in [0.25, 0.3) is 10.2 Å². The van der Waals surface area contributed by atoms with Gasteiger partial charge in [0, 0.05) is 24.5 Å². The average molecular weight is 406 g/mol. The SMILES string of the molecule is C=CCn1c(SCC(=O)N2C[C@@H](C)C[C@H](C)C2)nc2sc(C)c(C)c2c1=O. The summed E-state index contributed by atoms with van der Waals surface area (Å²) in [5.41, 5.74) is 0.950. The number of piperidine rings is 1. The van der Waals surface area contributed by atoms with Gasteiger partial charge in [-0.3, -0.25) is 14.2 Å². The highest BCUT2D eigenvalue weighted by Gasteiger charge is 2.26. The third-order valence-corrected chi connectivity index (χ3v) is 7.17. The van der Waals surface area contributed by atoms with E-state index < -0.39 is 0 Å². The molecule has 7 heteroatoms. The number of amides is 1. The molecule has 0 spiro atoms. The Morgan fingerprint density at radius 1 is 1.33 bits per heavy atom. The molecule has 146 valence electrons. The highest BCUT2D eigenvalue weighted by atomic mass is 32.2. The number of thioether (sulfide) groups is 1. The number of hydrogen-bond donors (Lipinski definition) is 0. The van der Waals surface area contributed by atoms with E-state index in [9.17, 15) is 9.59 Å². The number of rotatable bonds is 5. The van der Waals surface area contributed by atoms with Gasteiger partial charge in [0.05, 0.1) is 11.1 Å². The van der Waals surface area contributed by atoms with Crippen LogP contribution in [0.15, 0.2) is 22.6 Å². The number of carbonyl (C=O) groups is 1. The molecule has 0 bridgehead atoms. The molecule has 0 aliphatic carbocycles. The van der Waals surface area contributed by atoms with E-state index in [4.69, 9.17) is 4.98 Å². The monoisotopic (exact) mass is 405 g/mol. The molecular formula is C20H27N3O2S2. The summed E-state index contributed by atoms with van der Waals surface area (Å²) in [7, 11) is 0. The average Bonchev–Trinajstić information content (AvgIpc) is 2.89. The molecule has 1 saturated heterocycles. The number of thiophene rings is 1. The van der Waals surface area contributed by atoms with Gasteiger partial charge in [-0.2, -0.15) is 0 Å². The molecule has 2 aromatic rings. The van der Waals surface area contributed by atoms with E-state index >= 15 is 0 Å². The summed E-state index contributed by atoms with van der Waals surface area (Å²) < 4.78 is 1.63. The van der Waals surface area contributed by atoms with Crippen LogP contribution in [-0.2, 0) is 11.3 Å². The minimum Gasteiger partial charge on any atom is -0.341 e. The lowest BCUT2D eigenvalue weighted by molar-refractivity contribution is -0.130. The van der Waals surface area contributed by atoms with Gasteiger partial charge in [0.1, 0.15) is 4.83 Å². The standard InChI is InChI=1S/C20H27N3O2S2/c1-6-7-23-19(25)17-14(4)15(5)27-18(17)21-20(23)26-11-16(24)22-9-12(2)8-13(3)10-22/h6,12-13H,1,7-11H2,2-5H3/t12-,13-/m0/s1. The first-order valence-corrected chi connectivity index (χ1v) is 11.1. The van der Waals surface area contributed by atoms with E-state index in [1.54, 1.807) is 10.6 Å². The zero-order valence-corrected chi connectivity index (χ0v) is 18.1. The fourth-order valence-electron chi connectivity index (χ4n) is 3.79. The molecule has 0 unspecified atom stereocenters. The van der Waals surface area contributed by atoms with E-state index in [0.29, 0.717) is 34.7 Å². The number of likely N-dealkylation sites (tertiary alicyclic amines) is 1. The van der Waals surface area contributed by atoms with Crippen LogP contribution >= 0.6 is 23.1 Å². The number of hydrogen-bond acceptors (Lipinski definition) is 5. The summed E-state index contributed by atoms with van der Waals surface area (Å²) in [6.07, 6.45) is 2.87. The van der Waals surface area contributed by atoms with Crippen molar-refractivity contribution in [2.75, 3.05) is 18.8 Å². The lowest BCUT2D eigenvalue weighted by Crippen LogP contribution is -2.43. The molecule has 1 fully saturated rings. The number of aromatic nitrogens is 2. The molecule has 2 aromatic heterocycles. The number of nitrogens with zero attached hydrogens (tertiary/aromatic N) is 3. The minimum atomic E-state index is -0.0445. The van der Waals surface area contributed by atoms with Gasteiger partial charge in [-0.25, -0.2) is 4.98 Å². The molecular weight excluding hydrogens is 378 g/mol. The fraction of sp³-hybridized carbons (Fsp3) is 0.550. The molecule has 3 rings (SSSR count). The van der Waals surface area contributed by atoms with Gasteiger partial charge in [-0.15, -0.1) is 17.9 Å². The molecule has 0 aromatic carbocycles. The Kier molecular flexibility index (Phi) is 6.11. The van der Waals surface area contributed by atoms with Crippen LogP contribution in [0.1, 0.15) is 30.7 Å². The van der Waals surface area contributed by atoms with E-state index in [-0.39, 0.29) is 11.5 Å². The topological polar surface area (TPSA) is 55.2 Å². The molecule has 0 saturated carbocycles. The number of fused-ring (bicyclic) bond motifs is 1. The summed E-state index contributed by atoms with van der Waals surface area (Å²) in [5.74, 6) is 1.50. The Labute approximate surface area is 168 Å². The Balaban J connectivity index is 1.85. The summed E-state index contributed by atoms with van der Waals surface area (Å²) in [6, 6.07) is 0. The lowest BCUT2D eigenvalue weighted by atomic mass is 9.92. The molecule has 5 nitrogen and oxygen atoms in total. The van der Waals surface area contributed by atoms with Crippen molar-refractivity contribution in [1.29, 1.82) is 0 Å². The van der Waals surface area contributed by atoms with Gasteiger partial charge in [-0.05, 0) is 37.7 Å². The van der Waals surface area contributed by atoms with Crippen LogP contribution in [0.2, 0.25) is 0 Å². The van der Waals surface area contributed by atoms with Crippen molar-refractivity contribution >= 4 is 39.2 Å². The Bertz CT molecular complexity index is 921. The Morgan fingerprint density at radius 2 is 2.00 bits per heavy atom. The molecule has 1 aliphatic heterocycles. The largest absolute Gasteiger partial charge is 0.341 e. The van der Waals surface area contributed by atoms with Crippen LogP contribution in [0.3, 0.4) is 0 Å². The zero-order valence-electron chi connectivity index (χ0n) is 16.4. The van der Waals surface area contributed by atoms with Crippen LogP contribution < -0.4 is 5.56 Å². The summed E-state index contributed by atoms with van der Waals surface area (Å²) in [6.45, 7) is 14.2. The summed E-state index contributed by atoms with van der Waals surface area (Å²) in [4.78, 5) is 34.2. The van der Waals surface area contributed by atoms with Gasteiger partial charge in [0.15, 0.2) is 5.16 Å². The van der Waals surface area contributed by atoms with Crippen LogP contribution in [0.4, 0.5) is 0 Å². The molecule has 0 radical (unpaired) electrons. The van der Waals surface area contributed by atoms with Crippen LogP contribution in [0, 0.1) is 25.7 Å². The smallest absolute Gasteiger partial charge is 0.263 e. The Hall–Kier alpha value is -1.60. The lowest BCUT2D eigenvalue weighted by Gasteiger charge is -2.35. The summed E-state index contributed by atoms with van der Waals surface area (Å²) in [5, 5.41) is 1.29. The maximum absolute atomic E-state index is 13.0. The number of aryl methyl sites for hydroxylation is 2. The molecule has 3 heterocycles. The maximum Gasteiger partial charge on any atom is 0.263 e. The van der Waals surface area contributed by atoms with Crippen LogP contribution in [0.5, 0.6) is 0 Å². The number of allylic oxidation sites excluding steroid dienone is 1. The van der Waals surface area contributed by atoms with Crippen molar-refractivity contribution in [3.63, 3.8) is 0 Å². The van der Waals surface area contributed by atoms with Crippen molar-refractivity contribution in [3.8, 4) is 0 Å². The third kappa shape index (κ3) is 4.14. The van der Waals surface area contributed by atoms with Crippen molar-refractivity contribution in [1.82, 2.24) is 14.5 Å². The zero-order chi connectivity index (χ0) is 19.7. The van der Waals surface area contributed by atoms with Gasteiger partial charge < -0.3 is 4.90 Å². The van der Waals surface area contributed by atoms with E-state index in [1.165, 1.54) is 29.5 Å². The molecule has 2 atom stereocenters. The molecule has 1 aliphatic rings. The second-order valence-electron chi connectivity index (χ2n) is 7.60. The fourth-order valence-corrected chi connectivity index (χ4v) is 5.77. The second-order valence-corrected chi connectivity index (χ2v) is 9.74. The first-order valence-electron chi connectivity index (χ1n) is 9.33. The van der Waals surface area contributed by atoms with Gasteiger partial charge in [-0.1, -0.05) is 31.7 Å². The maximum atomic E-state index is 13.0. The van der Waals surface area contributed by atoms with Crippen molar-refractivity contribution < 1.29 is 4.79 Å². The molecule has 1 amide bonds. The third-order valence-electron chi connectivity index (χ3n) is 5.11. The molecule has 0 N–H and O–H groups in total. The Morgan fingerprint density at radius 3 is 2.63 bits per heavy atom. The van der Waals surface area contributed by atoms with E-state index in [2.05, 4.69) is 20.4 Å². The highest BCUT2D eigenvalue weighted by Crippen LogP contribution is 2.29. The minimum absolute atomic E-state index is 0.0445. The second kappa shape index (κ2) is 8.19. The molecule has 27 heavy (non-hydrogen) atoms. The number of carbonyl (C=O) groups excluding carboxylic acids is 1. The first-order chi connectivity index (χ1) is 12.8. The normalized spacial score (nSPS) is 20.2. The first kappa shape index (κ1) is 20.1. The summed E-state index contributed by atoms with van der Waals surface area (Å²) >= 11 is 2.89. The van der Waals surface area contributed by atoms with Gasteiger partial charge in [0.2, 0.25) is 5.91 Å². The highest BCUT2D eigenvalue weighted by molar-refractivity contribution is 7.99. The van der Waals surface area contributed by atoms with Crippen molar-refractivity contribution in [2.45, 2.75) is 45.8 Å². The van der Waals surface area contributed by atoms with Crippen molar-refractivity contribution in [2.24, 2.45) is 11.8 Å². The van der Waals surface area contributed by atoms with E-state index in [1.807, 2.05) is 18.7 Å². The predicted molar refractivity (Wildman–Crippen MR) is 114 cm³/mol. The quantitative estimate of drug-likeness (QED) is 0.431. The van der Waals surface area contributed by atoms with Crippen molar-refractivity contribution in [3.05, 3.63) is 33.4 Å².